The van der Waals surface area contributed by atoms with Gasteiger partial charge < -0.3 is 40.8 Å². The third-order valence-electron chi connectivity index (χ3n) is 7.07. The Morgan fingerprint density at radius 1 is 0.864 bits per heavy atom. The van der Waals surface area contributed by atoms with E-state index in [9.17, 15) is 29.8 Å². The molecule has 0 spiro atoms. The van der Waals surface area contributed by atoms with Gasteiger partial charge in [-0.05, 0) is 64.9 Å². The van der Waals surface area contributed by atoms with Crippen LogP contribution in [0.3, 0.4) is 0 Å². The van der Waals surface area contributed by atoms with Crippen molar-refractivity contribution < 1.29 is 39.0 Å². The number of fused-ring (bicyclic) bond motifs is 2. The summed E-state index contributed by atoms with van der Waals surface area (Å²) in [5.41, 5.74) is 8.81. The van der Waals surface area contributed by atoms with Gasteiger partial charge in [-0.3, -0.25) is 19.7 Å². The van der Waals surface area contributed by atoms with Crippen LogP contribution < -0.4 is 27.3 Å². The molecule has 0 aliphatic carbocycles. The molecule has 0 bridgehead atoms. The maximum Gasteiger partial charge on any atom is 0.492 e. The Morgan fingerprint density at radius 2 is 1.30 bits per heavy atom. The lowest BCUT2D eigenvalue weighted by molar-refractivity contribution is -0.384. The molecule has 44 heavy (non-hydrogen) atoms. The van der Waals surface area contributed by atoms with E-state index in [1.165, 1.54) is 12.1 Å². The fourth-order valence-corrected chi connectivity index (χ4v) is 4.63. The van der Waals surface area contributed by atoms with E-state index in [2.05, 4.69) is 24.5 Å². The molecule has 0 aromatic heterocycles. The van der Waals surface area contributed by atoms with Gasteiger partial charge in [-0.25, -0.2) is 0 Å². The highest BCUT2D eigenvalue weighted by atomic mass is 16.6. The van der Waals surface area contributed by atoms with Crippen LogP contribution in [0.5, 0.6) is 0 Å². The van der Waals surface area contributed by atoms with Crippen molar-refractivity contribution in [3.8, 4) is 0 Å². The van der Waals surface area contributed by atoms with Gasteiger partial charge >= 0.3 is 14.2 Å². The molecule has 0 fully saturated rings. The second-order valence-corrected chi connectivity index (χ2v) is 11.4. The number of nitrogens with zero attached hydrogens (tertiary/aromatic N) is 1. The number of non-ortho nitro benzene ring substituents is 1. The minimum absolute atomic E-state index is 0.0145. The van der Waals surface area contributed by atoms with Crippen molar-refractivity contribution >= 4 is 48.4 Å². The molecule has 2 aromatic carbocycles. The third-order valence-corrected chi connectivity index (χ3v) is 7.07. The van der Waals surface area contributed by atoms with Crippen LogP contribution in [0.4, 0.5) is 11.4 Å². The highest BCUT2D eigenvalue weighted by Crippen LogP contribution is 2.26. The molecule has 2 aliphatic rings. The molecule has 0 saturated heterocycles. The summed E-state index contributed by atoms with van der Waals surface area (Å²) in [5, 5.41) is 43.0. The minimum atomic E-state index is -1.20. The molecular formula is C29H44B2N4O9. The number of nitrogens with one attached hydrogen (secondary N) is 2. The second kappa shape index (κ2) is 17.7. The van der Waals surface area contributed by atoms with Crippen molar-refractivity contribution in [2.45, 2.75) is 65.6 Å². The maximum absolute atomic E-state index is 11.7. The Balaban J connectivity index is 0.000000292. The molecule has 2 aliphatic heterocycles. The Hall–Kier alpha value is -3.49. The number of rotatable bonds is 11. The summed E-state index contributed by atoms with van der Waals surface area (Å²) in [6, 6.07) is 9.56. The Bertz CT molecular complexity index is 1270. The van der Waals surface area contributed by atoms with Gasteiger partial charge in [-0.2, -0.15) is 0 Å². The van der Waals surface area contributed by atoms with E-state index in [1.807, 2.05) is 19.9 Å². The topological polar surface area (TPSA) is 207 Å². The van der Waals surface area contributed by atoms with Crippen LogP contribution in [0.15, 0.2) is 36.4 Å². The first-order chi connectivity index (χ1) is 20.8. The van der Waals surface area contributed by atoms with Gasteiger partial charge in [-0.15, -0.1) is 0 Å². The maximum atomic E-state index is 11.7. The summed E-state index contributed by atoms with van der Waals surface area (Å²) in [4.78, 5) is 33.7. The van der Waals surface area contributed by atoms with E-state index in [4.69, 9.17) is 20.1 Å². The number of aliphatic hydroxyl groups excluding tert-OH is 1. The molecule has 0 saturated carbocycles. The Morgan fingerprint density at radius 3 is 1.73 bits per heavy atom. The first-order valence-corrected chi connectivity index (χ1v) is 14.7. The Labute approximate surface area is 259 Å². The summed E-state index contributed by atoms with van der Waals surface area (Å²) in [6.45, 7) is 8.87. The number of nitro benzene ring substituents is 1. The molecule has 2 amide bonds. The largest absolute Gasteiger partial charge is 0.492 e. The van der Waals surface area contributed by atoms with Gasteiger partial charge in [0, 0.05) is 50.9 Å². The summed E-state index contributed by atoms with van der Waals surface area (Å²) < 4.78 is 10.8. The molecule has 0 radical (unpaired) electrons. The quantitative estimate of drug-likeness (QED) is 0.0920. The van der Waals surface area contributed by atoms with Crippen LogP contribution >= 0.6 is 0 Å². The van der Waals surface area contributed by atoms with Gasteiger partial charge in [-0.1, -0.05) is 33.8 Å². The predicted octanol–water partition coefficient (Wildman–Crippen LogP) is 1.09. The van der Waals surface area contributed by atoms with E-state index < -0.39 is 25.3 Å². The Kier molecular flexibility index (Phi) is 14.8. The molecule has 2 unspecified atom stereocenters. The molecule has 240 valence electrons. The zero-order chi connectivity index (χ0) is 33.0. The lowest BCUT2D eigenvalue weighted by Crippen LogP contribution is -2.30. The number of benzene rings is 2. The molecule has 15 heteroatoms. The number of nitrogen functional groups attached to an aromatic ring is 1. The molecule has 2 aromatic rings. The van der Waals surface area contributed by atoms with Crippen molar-refractivity contribution in [2.24, 2.45) is 11.8 Å². The van der Waals surface area contributed by atoms with E-state index in [1.54, 1.807) is 18.2 Å². The van der Waals surface area contributed by atoms with Gasteiger partial charge in [0.05, 0.1) is 17.1 Å². The number of carbonyl (C=O) groups is 2. The number of amides is 2. The summed E-state index contributed by atoms with van der Waals surface area (Å²) in [7, 11) is -1.17. The monoisotopic (exact) mass is 614 g/mol. The fourth-order valence-electron chi connectivity index (χ4n) is 4.63. The van der Waals surface area contributed by atoms with E-state index >= 15 is 0 Å². The van der Waals surface area contributed by atoms with Crippen molar-refractivity contribution in [3.05, 3.63) is 57.6 Å². The van der Waals surface area contributed by atoms with Crippen LogP contribution in [-0.2, 0) is 18.9 Å². The fraction of sp³-hybridized carbons (Fsp3) is 0.517. The van der Waals surface area contributed by atoms with Crippen LogP contribution in [0, 0.1) is 22.0 Å². The average Bonchev–Trinajstić information content (AvgIpc) is 3.48. The normalized spacial score (nSPS) is 16.4. The number of nitro groups is 1. The lowest BCUT2D eigenvalue weighted by Gasteiger charge is -2.14. The SMILES string of the molecule is CC(C)CCC(=O)NCC1OB(O)c2cc(N)ccc21.CC(C)CCC(=O)NCC1OB(O)c2cc([N+](=O)[O-])ccc21.CO. The van der Waals surface area contributed by atoms with Crippen LogP contribution in [0.1, 0.15) is 76.7 Å². The molecule has 4 rings (SSSR count). The van der Waals surface area contributed by atoms with Crippen molar-refractivity contribution in [3.63, 3.8) is 0 Å². The summed E-state index contributed by atoms with van der Waals surface area (Å²) in [6.07, 6.45) is 1.83. The molecule has 7 N–H and O–H groups in total. The van der Waals surface area contributed by atoms with Crippen molar-refractivity contribution in [1.29, 1.82) is 0 Å². The molecular weight excluding hydrogens is 570 g/mol. The number of hydrogen-bond donors (Lipinski definition) is 6. The zero-order valence-electron chi connectivity index (χ0n) is 26.0. The van der Waals surface area contributed by atoms with E-state index in [0.29, 0.717) is 53.4 Å². The highest BCUT2D eigenvalue weighted by Gasteiger charge is 2.37. The number of nitrogens with two attached hydrogens (primary N) is 1. The smallest absolute Gasteiger partial charge is 0.423 e. The molecule has 13 nitrogen and oxygen atoms in total. The van der Waals surface area contributed by atoms with Crippen LogP contribution in [0.25, 0.3) is 0 Å². The zero-order valence-corrected chi connectivity index (χ0v) is 26.0. The van der Waals surface area contributed by atoms with Crippen molar-refractivity contribution in [1.82, 2.24) is 10.6 Å². The second-order valence-electron chi connectivity index (χ2n) is 11.4. The lowest BCUT2D eigenvalue weighted by atomic mass is 9.79. The standard InChI is InChI=1S/C14H19BN2O5.C14H21BN2O3.CH4O/c1-9(2)3-6-14(18)16-8-13-11-5-4-10(17(20)21)7-12(11)15(19)22-13;1-9(2)3-6-14(18)17-8-13-11-5-4-10(16)7-12(11)15(19)20-13;1-2/h4-5,7,9,13,19H,3,6,8H2,1-2H3,(H,16,18);4-5,7,9,13,19H,3,6,8,16H2,1-2H3,(H,17,18);2H,1H3. The first kappa shape index (κ1) is 36.7. The molecule has 2 heterocycles. The third kappa shape index (κ3) is 10.9. The average molecular weight is 614 g/mol. The van der Waals surface area contributed by atoms with Gasteiger partial charge in [0.15, 0.2) is 0 Å². The summed E-state index contributed by atoms with van der Waals surface area (Å²) in [5.74, 6) is 0.911. The van der Waals surface area contributed by atoms with Gasteiger partial charge in [0.25, 0.3) is 5.69 Å². The number of carbonyl (C=O) groups excluding carboxylic acids is 2. The number of hydrogen-bond acceptors (Lipinski definition) is 10. The van der Waals surface area contributed by atoms with E-state index in [0.717, 1.165) is 25.5 Å². The predicted molar refractivity (Wildman–Crippen MR) is 169 cm³/mol. The number of aliphatic hydroxyl groups is 1. The van der Waals surface area contributed by atoms with Gasteiger partial charge in [0.2, 0.25) is 11.8 Å². The first-order valence-electron chi connectivity index (χ1n) is 14.7. The van der Waals surface area contributed by atoms with Crippen molar-refractivity contribution in [2.75, 3.05) is 25.9 Å². The van der Waals surface area contributed by atoms with Crippen LogP contribution in [-0.4, -0.2) is 66.3 Å². The minimum Gasteiger partial charge on any atom is -0.423 e. The number of anilines is 1. The summed E-state index contributed by atoms with van der Waals surface area (Å²) >= 11 is 0. The molecule has 2 atom stereocenters. The highest BCUT2D eigenvalue weighted by molar-refractivity contribution is 6.62. The van der Waals surface area contributed by atoms with Crippen LogP contribution in [0.2, 0.25) is 0 Å². The van der Waals surface area contributed by atoms with E-state index in [-0.39, 0.29) is 30.2 Å². The van der Waals surface area contributed by atoms with Gasteiger partial charge in [0.1, 0.15) is 0 Å².